The fourth-order valence-corrected chi connectivity index (χ4v) is 1.59. The van der Waals surface area contributed by atoms with E-state index < -0.39 is 0 Å². The van der Waals surface area contributed by atoms with Gasteiger partial charge in [-0.05, 0) is 31.5 Å². The molecule has 0 spiro atoms. The maximum absolute atomic E-state index is 5.85. The van der Waals surface area contributed by atoms with Crippen LogP contribution in [-0.4, -0.2) is 9.97 Å². The molecule has 3 heteroatoms. The van der Waals surface area contributed by atoms with Crippen molar-refractivity contribution in [2.24, 2.45) is 5.73 Å². The Morgan fingerprint density at radius 3 is 2.93 bits per heavy atom. The summed E-state index contributed by atoms with van der Waals surface area (Å²) in [5, 5.41) is 1.05. The number of pyridine rings is 2. The summed E-state index contributed by atoms with van der Waals surface area (Å²) >= 11 is 0. The molecular weight excluding hydrogens is 174 g/mol. The fraction of sp³-hybridized carbons (Fsp3) is 0.273. The summed E-state index contributed by atoms with van der Waals surface area (Å²) in [6.45, 7) is 3.95. The van der Waals surface area contributed by atoms with Gasteiger partial charge in [0.2, 0.25) is 0 Å². The van der Waals surface area contributed by atoms with Crippen molar-refractivity contribution in [2.75, 3.05) is 0 Å². The van der Waals surface area contributed by atoms with E-state index in [1.807, 2.05) is 26.1 Å². The first-order chi connectivity index (χ1) is 6.68. The highest BCUT2D eigenvalue weighted by atomic mass is 14.7. The summed E-state index contributed by atoms with van der Waals surface area (Å²) in [7, 11) is 0. The lowest BCUT2D eigenvalue weighted by Gasteiger charge is -2.09. The number of hydrogen-bond donors (Lipinski definition) is 1. The van der Waals surface area contributed by atoms with Crippen molar-refractivity contribution in [2.45, 2.75) is 19.9 Å². The van der Waals surface area contributed by atoms with Crippen LogP contribution in [0.4, 0.5) is 0 Å². The van der Waals surface area contributed by atoms with E-state index >= 15 is 0 Å². The molecule has 0 aromatic carbocycles. The van der Waals surface area contributed by atoms with Gasteiger partial charge in [-0.25, -0.2) is 0 Å². The number of aryl methyl sites for hydroxylation is 1. The zero-order valence-electron chi connectivity index (χ0n) is 8.36. The van der Waals surface area contributed by atoms with E-state index in [1.165, 1.54) is 0 Å². The molecule has 1 atom stereocenters. The van der Waals surface area contributed by atoms with Crippen molar-refractivity contribution in [1.29, 1.82) is 0 Å². The summed E-state index contributed by atoms with van der Waals surface area (Å²) in [5.74, 6) is 0. The maximum atomic E-state index is 5.85. The van der Waals surface area contributed by atoms with Crippen molar-refractivity contribution in [3.8, 4) is 0 Å². The largest absolute Gasteiger partial charge is 0.324 e. The van der Waals surface area contributed by atoms with Gasteiger partial charge in [-0.15, -0.1) is 0 Å². The third-order valence-corrected chi connectivity index (χ3v) is 2.34. The highest BCUT2D eigenvalue weighted by molar-refractivity contribution is 5.78. The van der Waals surface area contributed by atoms with Crippen LogP contribution in [0.2, 0.25) is 0 Å². The molecule has 2 rings (SSSR count). The van der Waals surface area contributed by atoms with Gasteiger partial charge in [0.1, 0.15) is 0 Å². The minimum atomic E-state index is 0.0205. The lowest BCUT2D eigenvalue weighted by molar-refractivity contribution is 0.803. The van der Waals surface area contributed by atoms with E-state index in [-0.39, 0.29) is 6.04 Å². The third kappa shape index (κ3) is 1.46. The van der Waals surface area contributed by atoms with Crippen LogP contribution in [0.25, 0.3) is 10.9 Å². The Kier molecular flexibility index (Phi) is 2.17. The van der Waals surface area contributed by atoms with Gasteiger partial charge in [0.25, 0.3) is 0 Å². The summed E-state index contributed by atoms with van der Waals surface area (Å²) in [4.78, 5) is 8.54. The molecule has 0 aliphatic heterocycles. The number of nitrogens with zero attached hydrogens (tertiary/aromatic N) is 2. The molecule has 0 unspecified atom stereocenters. The minimum absolute atomic E-state index is 0.0205. The first-order valence-electron chi connectivity index (χ1n) is 4.65. The molecule has 0 amide bonds. The molecule has 2 N–H and O–H groups in total. The molecule has 14 heavy (non-hydrogen) atoms. The van der Waals surface area contributed by atoms with E-state index in [2.05, 4.69) is 16.0 Å². The third-order valence-electron chi connectivity index (χ3n) is 2.34. The topological polar surface area (TPSA) is 51.8 Å². The zero-order chi connectivity index (χ0) is 10.1. The molecule has 0 bridgehead atoms. The first-order valence-corrected chi connectivity index (χ1v) is 4.65. The Labute approximate surface area is 83.0 Å². The smallest absolute Gasteiger partial charge is 0.0736 e. The highest BCUT2D eigenvalue weighted by Gasteiger charge is 2.06. The molecule has 2 aromatic rings. The maximum Gasteiger partial charge on any atom is 0.0736 e. The van der Waals surface area contributed by atoms with Crippen LogP contribution in [0.15, 0.2) is 24.5 Å². The lowest BCUT2D eigenvalue weighted by Crippen LogP contribution is -2.08. The average Bonchev–Trinajstić information content (AvgIpc) is 2.16. The molecule has 0 fully saturated rings. The van der Waals surface area contributed by atoms with Crippen molar-refractivity contribution in [3.63, 3.8) is 0 Å². The second-order valence-corrected chi connectivity index (χ2v) is 3.52. The second kappa shape index (κ2) is 3.35. The lowest BCUT2D eigenvalue weighted by atomic mass is 10.1. The van der Waals surface area contributed by atoms with Crippen molar-refractivity contribution in [3.05, 3.63) is 35.8 Å². The predicted octanol–water partition coefficient (Wildman–Crippen LogP) is 1.96. The van der Waals surface area contributed by atoms with Gasteiger partial charge in [0, 0.05) is 29.5 Å². The molecule has 72 valence electrons. The van der Waals surface area contributed by atoms with Crippen LogP contribution in [-0.2, 0) is 0 Å². The van der Waals surface area contributed by atoms with Crippen LogP contribution < -0.4 is 5.73 Å². The zero-order valence-corrected chi connectivity index (χ0v) is 8.36. The van der Waals surface area contributed by atoms with E-state index in [0.29, 0.717) is 0 Å². The fourth-order valence-electron chi connectivity index (χ4n) is 1.59. The molecule has 3 nitrogen and oxygen atoms in total. The Hall–Kier alpha value is -1.48. The summed E-state index contributed by atoms with van der Waals surface area (Å²) in [6.07, 6.45) is 3.56. The number of rotatable bonds is 1. The monoisotopic (exact) mass is 187 g/mol. The van der Waals surface area contributed by atoms with Gasteiger partial charge in [0.05, 0.1) is 5.52 Å². The van der Waals surface area contributed by atoms with Gasteiger partial charge in [0.15, 0.2) is 0 Å². The van der Waals surface area contributed by atoms with Crippen molar-refractivity contribution >= 4 is 10.9 Å². The molecule has 0 aliphatic carbocycles. The van der Waals surface area contributed by atoms with Crippen LogP contribution in [0.5, 0.6) is 0 Å². The Balaban J connectivity index is 2.71. The van der Waals surface area contributed by atoms with Gasteiger partial charge >= 0.3 is 0 Å². The molecular formula is C11H13N3. The Bertz CT molecular complexity index is 463. The van der Waals surface area contributed by atoms with Gasteiger partial charge in [-0.3, -0.25) is 9.97 Å². The minimum Gasteiger partial charge on any atom is -0.324 e. The molecule has 0 saturated carbocycles. The number of fused-ring (bicyclic) bond motifs is 1. The van der Waals surface area contributed by atoms with E-state index in [4.69, 9.17) is 5.73 Å². The summed E-state index contributed by atoms with van der Waals surface area (Å²) in [6, 6.07) is 4.00. The van der Waals surface area contributed by atoms with E-state index in [9.17, 15) is 0 Å². The van der Waals surface area contributed by atoms with Gasteiger partial charge < -0.3 is 5.73 Å². The Morgan fingerprint density at radius 1 is 1.43 bits per heavy atom. The Morgan fingerprint density at radius 2 is 2.21 bits per heavy atom. The molecule has 0 saturated heterocycles. The molecule has 2 aromatic heterocycles. The SMILES string of the molecule is Cc1nc2ccncc2cc1[C@@H](C)N. The van der Waals surface area contributed by atoms with Crippen LogP contribution >= 0.6 is 0 Å². The predicted molar refractivity (Wildman–Crippen MR) is 56.9 cm³/mol. The van der Waals surface area contributed by atoms with Crippen LogP contribution in [0.1, 0.15) is 24.2 Å². The van der Waals surface area contributed by atoms with Crippen molar-refractivity contribution in [1.82, 2.24) is 9.97 Å². The standard InChI is InChI=1S/C11H13N3/c1-7(12)10-5-9-6-13-4-3-11(9)14-8(10)2/h3-7H,12H2,1-2H3/t7-/m1/s1. The van der Waals surface area contributed by atoms with E-state index in [0.717, 1.165) is 22.2 Å². The van der Waals surface area contributed by atoms with Crippen LogP contribution in [0.3, 0.4) is 0 Å². The number of aromatic nitrogens is 2. The molecule has 0 aliphatic rings. The van der Waals surface area contributed by atoms with E-state index in [1.54, 1.807) is 6.20 Å². The first kappa shape index (κ1) is 9.09. The summed E-state index contributed by atoms with van der Waals surface area (Å²) in [5.41, 5.74) is 8.91. The van der Waals surface area contributed by atoms with Crippen molar-refractivity contribution < 1.29 is 0 Å². The summed E-state index contributed by atoms with van der Waals surface area (Å²) < 4.78 is 0. The average molecular weight is 187 g/mol. The molecule has 0 radical (unpaired) electrons. The normalized spacial score (nSPS) is 13.1. The van der Waals surface area contributed by atoms with Crippen LogP contribution in [0, 0.1) is 6.92 Å². The van der Waals surface area contributed by atoms with Gasteiger partial charge in [-0.1, -0.05) is 0 Å². The number of hydrogen-bond acceptors (Lipinski definition) is 3. The quantitative estimate of drug-likeness (QED) is 0.742. The van der Waals surface area contributed by atoms with Gasteiger partial charge in [-0.2, -0.15) is 0 Å². The highest BCUT2D eigenvalue weighted by Crippen LogP contribution is 2.19. The molecule has 2 heterocycles. The number of nitrogens with two attached hydrogens (primary N) is 1. The second-order valence-electron chi connectivity index (χ2n) is 3.52.